The van der Waals surface area contributed by atoms with Gasteiger partial charge in [-0.2, -0.15) is 0 Å². The molecule has 0 aliphatic heterocycles. The molecule has 94 valence electrons. The Labute approximate surface area is 107 Å². The van der Waals surface area contributed by atoms with Gasteiger partial charge < -0.3 is 0 Å². The second-order valence-corrected chi connectivity index (χ2v) is 5.34. The number of fused-ring (bicyclic) bond motifs is 1. The highest BCUT2D eigenvalue weighted by atomic mass is 16.5. The Morgan fingerprint density at radius 3 is 2.50 bits per heavy atom. The Hall–Kier alpha value is -1.87. The van der Waals surface area contributed by atoms with Crippen molar-refractivity contribution in [2.45, 2.75) is 26.3 Å². The van der Waals surface area contributed by atoms with Crippen LogP contribution in [0.2, 0.25) is 0 Å². The maximum atomic E-state index is 11.9. The van der Waals surface area contributed by atoms with Gasteiger partial charge in [-0.05, 0) is 38.0 Å². The van der Waals surface area contributed by atoms with Crippen molar-refractivity contribution in [1.82, 2.24) is 5.06 Å². The van der Waals surface area contributed by atoms with Crippen LogP contribution < -0.4 is 0 Å². The number of hydrogen-bond acceptors (Lipinski definition) is 3. The van der Waals surface area contributed by atoms with Crippen LogP contribution in [0.25, 0.3) is 11.6 Å². The van der Waals surface area contributed by atoms with E-state index in [-0.39, 0.29) is 5.78 Å². The van der Waals surface area contributed by atoms with E-state index in [1.54, 1.807) is 6.08 Å². The summed E-state index contributed by atoms with van der Waals surface area (Å²) < 4.78 is 0. The molecule has 3 heteroatoms. The summed E-state index contributed by atoms with van der Waals surface area (Å²) in [6, 6.07) is 7.65. The van der Waals surface area contributed by atoms with E-state index in [0.717, 1.165) is 16.2 Å². The third-order valence-corrected chi connectivity index (χ3v) is 2.87. The second-order valence-electron chi connectivity index (χ2n) is 5.34. The lowest BCUT2D eigenvalue weighted by Gasteiger charge is -2.29. The van der Waals surface area contributed by atoms with Gasteiger partial charge in [0.05, 0.1) is 5.54 Å². The van der Waals surface area contributed by atoms with E-state index in [0.29, 0.717) is 5.57 Å². The number of nitrogens with zero attached hydrogens (tertiary/aromatic N) is 1. The molecule has 0 spiro atoms. The Kier molecular flexibility index (Phi) is 3.09. The van der Waals surface area contributed by atoms with Gasteiger partial charge in [0.15, 0.2) is 5.78 Å². The normalized spacial score (nSPS) is 16.9. The van der Waals surface area contributed by atoms with Gasteiger partial charge in [0.2, 0.25) is 0 Å². The van der Waals surface area contributed by atoms with E-state index in [1.807, 2.05) is 45.0 Å². The van der Waals surface area contributed by atoms with Gasteiger partial charge in [0.25, 0.3) is 0 Å². The summed E-state index contributed by atoms with van der Waals surface area (Å²) >= 11 is 0. The van der Waals surface area contributed by atoms with Crippen molar-refractivity contribution in [3.05, 3.63) is 47.7 Å². The first-order chi connectivity index (χ1) is 8.39. The average molecular weight is 243 g/mol. The molecule has 0 atom stereocenters. The zero-order valence-electron chi connectivity index (χ0n) is 10.8. The Balaban J connectivity index is 2.48. The molecule has 1 aliphatic rings. The van der Waals surface area contributed by atoms with Crippen LogP contribution in [0.4, 0.5) is 0 Å². The summed E-state index contributed by atoms with van der Waals surface area (Å²) in [5.74, 6) is -0.0861. The molecular formula is C15H17NO2. The molecule has 1 aromatic carbocycles. The topological polar surface area (TPSA) is 40.5 Å². The molecule has 1 N–H and O–H groups in total. The highest BCUT2D eigenvalue weighted by Gasteiger charge is 2.21. The van der Waals surface area contributed by atoms with Crippen molar-refractivity contribution < 1.29 is 10.0 Å². The van der Waals surface area contributed by atoms with Crippen LogP contribution in [0.15, 0.2) is 36.5 Å². The van der Waals surface area contributed by atoms with Crippen molar-refractivity contribution in [2.75, 3.05) is 0 Å². The molecule has 0 saturated heterocycles. The van der Waals surface area contributed by atoms with Crippen LogP contribution in [0.3, 0.4) is 0 Å². The molecule has 0 aromatic heterocycles. The summed E-state index contributed by atoms with van der Waals surface area (Å²) in [5, 5.41) is 11.0. The Bertz CT molecular complexity index is 536. The van der Waals surface area contributed by atoms with Gasteiger partial charge in [-0.25, -0.2) is 0 Å². The largest absolute Gasteiger partial charge is 0.289 e. The highest BCUT2D eigenvalue weighted by Crippen LogP contribution is 2.27. The van der Waals surface area contributed by atoms with Crippen molar-refractivity contribution in [3.8, 4) is 0 Å². The summed E-state index contributed by atoms with van der Waals surface area (Å²) in [5.41, 5.74) is 1.92. The average Bonchev–Trinajstić information content (AvgIpc) is 2.31. The van der Waals surface area contributed by atoms with E-state index >= 15 is 0 Å². The first-order valence-electron chi connectivity index (χ1n) is 5.91. The van der Waals surface area contributed by atoms with Crippen LogP contribution in [-0.4, -0.2) is 21.6 Å². The van der Waals surface area contributed by atoms with Gasteiger partial charge in [0.1, 0.15) is 0 Å². The third kappa shape index (κ3) is 2.36. The highest BCUT2D eigenvalue weighted by molar-refractivity contribution is 6.29. The molecule has 1 aliphatic carbocycles. The lowest BCUT2D eigenvalue weighted by Crippen LogP contribution is -2.34. The molecule has 0 heterocycles. The van der Waals surface area contributed by atoms with Crippen molar-refractivity contribution >= 4 is 17.4 Å². The smallest absolute Gasteiger partial charge is 0.188 e. The second kappa shape index (κ2) is 4.42. The van der Waals surface area contributed by atoms with Crippen LogP contribution in [0.1, 0.15) is 31.9 Å². The zero-order chi connectivity index (χ0) is 13.3. The molecule has 2 rings (SSSR count). The van der Waals surface area contributed by atoms with Crippen LogP contribution >= 0.6 is 0 Å². The maximum absolute atomic E-state index is 11.9. The number of benzene rings is 1. The summed E-state index contributed by atoms with van der Waals surface area (Å²) in [7, 11) is 0. The zero-order valence-corrected chi connectivity index (χ0v) is 10.8. The maximum Gasteiger partial charge on any atom is 0.188 e. The number of rotatable bonds is 1. The standard InChI is InChI=1S/C15H17NO2/c1-15(2,3)16(18)10-13-12-7-5-4-6-11(12)8-9-14(13)17/h4-10,18H,1-3H3. The number of ketones is 1. The monoisotopic (exact) mass is 243 g/mol. The fourth-order valence-electron chi connectivity index (χ4n) is 1.72. The molecule has 18 heavy (non-hydrogen) atoms. The van der Waals surface area contributed by atoms with Gasteiger partial charge in [-0.3, -0.25) is 15.1 Å². The summed E-state index contributed by atoms with van der Waals surface area (Å²) in [6.07, 6.45) is 4.84. The van der Waals surface area contributed by atoms with Crippen molar-refractivity contribution in [1.29, 1.82) is 0 Å². The molecular weight excluding hydrogens is 226 g/mol. The molecule has 0 bridgehead atoms. The number of hydrogen-bond donors (Lipinski definition) is 1. The van der Waals surface area contributed by atoms with Crippen molar-refractivity contribution in [3.63, 3.8) is 0 Å². The first kappa shape index (κ1) is 12.6. The minimum Gasteiger partial charge on any atom is -0.289 e. The number of carbonyl (C=O) groups excluding carboxylic acids is 1. The van der Waals surface area contributed by atoms with Gasteiger partial charge in [-0.15, -0.1) is 0 Å². The quantitative estimate of drug-likeness (QED) is 0.608. The molecule has 3 nitrogen and oxygen atoms in total. The minimum absolute atomic E-state index is 0.0861. The van der Waals surface area contributed by atoms with Gasteiger partial charge in [0, 0.05) is 11.8 Å². The van der Waals surface area contributed by atoms with E-state index in [2.05, 4.69) is 0 Å². The van der Waals surface area contributed by atoms with E-state index in [9.17, 15) is 10.0 Å². The van der Waals surface area contributed by atoms with Crippen LogP contribution in [-0.2, 0) is 4.79 Å². The minimum atomic E-state index is -0.441. The van der Waals surface area contributed by atoms with Gasteiger partial charge >= 0.3 is 0 Å². The van der Waals surface area contributed by atoms with Crippen molar-refractivity contribution in [2.24, 2.45) is 0 Å². The first-order valence-corrected chi connectivity index (χ1v) is 5.91. The lowest BCUT2D eigenvalue weighted by molar-refractivity contribution is -0.114. The molecule has 0 unspecified atom stereocenters. The van der Waals surface area contributed by atoms with Gasteiger partial charge in [-0.1, -0.05) is 30.3 Å². The lowest BCUT2D eigenvalue weighted by atomic mass is 9.92. The molecule has 0 saturated carbocycles. The summed E-state index contributed by atoms with van der Waals surface area (Å²) in [4.78, 5) is 11.9. The molecule has 1 aromatic rings. The van der Waals surface area contributed by atoms with Crippen LogP contribution in [0.5, 0.6) is 0 Å². The number of allylic oxidation sites excluding steroid dienone is 2. The summed E-state index contributed by atoms with van der Waals surface area (Å²) in [6.45, 7) is 5.62. The number of carbonyl (C=O) groups is 1. The van der Waals surface area contributed by atoms with E-state index in [1.165, 1.54) is 12.3 Å². The SMILES string of the molecule is CC(C)(C)N(O)C=C1C(=O)C=Cc2ccccc21. The molecule has 0 radical (unpaired) electrons. The number of hydroxylamine groups is 2. The molecule has 0 fully saturated rings. The Morgan fingerprint density at radius 1 is 1.17 bits per heavy atom. The van der Waals surface area contributed by atoms with E-state index in [4.69, 9.17) is 0 Å². The van der Waals surface area contributed by atoms with Crippen LogP contribution in [0, 0.1) is 0 Å². The fourth-order valence-corrected chi connectivity index (χ4v) is 1.72. The molecule has 0 amide bonds. The predicted octanol–water partition coefficient (Wildman–Crippen LogP) is 3.11. The van der Waals surface area contributed by atoms with E-state index < -0.39 is 5.54 Å². The fraction of sp³-hybridized carbons (Fsp3) is 0.267. The predicted molar refractivity (Wildman–Crippen MR) is 71.8 cm³/mol. The Morgan fingerprint density at radius 2 is 1.83 bits per heavy atom. The third-order valence-electron chi connectivity index (χ3n) is 2.87.